The number of carboxylic acid groups (broad SMARTS) is 1. The van der Waals surface area contributed by atoms with Gasteiger partial charge in [-0.2, -0.15) is 0 Å². The van der Waals surface area contributed by atoms with E-state index in [1.165, 1.54) is 17.0 Å². The Hall–Kier alpha value is -2.14. The van der Waals surface area contributed by atoms with Crippen LogP contribution in [0.3, 0.4) is 0 Å². The topological polar surface area (TPSA) is 63.3 Å². The van der Waals surface area contributed by atoms with Crippen molar-refractivity contribution in [1.82, 2.24) is 4.98 Å². The van der Waals surface area contributed by atoms with Gasteiger partial charge in [0.1, 0.15) is 5.52 Å². The summed E-state index contributed by atoms with van der Waals surface area (Å²) in [5, 5.41) is 8.95. The molecule has 19 heavy (non-hydrogen) atoms. The van der Waals surface area contributed by atoms with Crippen LogP contribution in [0.25, 0.3) is 21.9 Å². The summed E-state index contributed by atoms with van der Waals surface area (Å²) >= 11 is 1.64. The molecular formula is C14H11NO3S. The Morgan fingerprint density at radius 1 is 1.37 bits per heavy atom. The zero-order valence-corrected chi connectivity index (χ0v) is 11.0. The Kier molecular flexibility index (Phi) is 2.83. The fraction of sp³-hybridized carbons (Fsp3) is 0.143. The van der Waals surface area contributed by atoms with Crippen LogP contribution in [0.4, 0.5) is 0 Å². The third kappa shape index (κ3) is 2.13. The lowest BCUT2D eigenvalue weighted by molar-refractivity contribution is 0.0697. The molecule has 0 unspecified atom stereocenters. The van der Waals surface area contributed by atoms with Gasteiger partial charge < -0.3 is 9.52 Å². The fourth-order valence-corrected chi connectivity index (χ4v) is 2.72. The van der Waals surface area contributed by atoms with Crippen molar-refractivity contribution in [2.75, 3.05) is 0 Å². The van der Waals surface area contributed by atoms with Crippen LogP contribution in [0.2, 0.25) is 0 Å². The normalized spacial score (nSPS) is 11.0. The number of nitrogens with zero attached hydrogens (tertiary/aromatic N) is 1. The summed E-state index contributed by atoms with van der Waals surface area (Å²) in [5.41, 5.74) is 1.39. The van der Waals surface area contributed by atoms with E-state index in [0.29, 0.717) is 17.0 Å². The van der Waals surface area contributed by atoms with Crippen LogP contribution in [0.1, 0.15) is 22.2 Å². The molecule has 0 amide bonds. The highest BCUT2D eigenvalue weighted by Crippen LogP contribution is 2.30. The van der Waals surface area contributed by atoms with Crippen LogP contribution in [-0.2, 0) is 6.42 Å². The smallest absolute Gasteiger partial charge is 0.335 e. The number of thiophene rings is 1. The Bertz CT molecular complexity index is 757. The highest BCUT2D eigenvalue weighted by molar-refractivity contribution is 7.15. The molecule has 1 N–H and O–H groups in total. The zero-order chi connectivity index (χ0) is 13.4. The lowest BCUT2D eigenvalue weighted by Crippen LogP contribution is -1.94. The Morgan fingerprint density at radius 3 is 2.89 bits per heavy atom. The molecule has 0 aliphatic carbocycles. The van der Waals surface area contributed by atoms with Crippen molar-refractivity contribution in [1.29, 1.82) is 0 Å². The van der Waals surface area contributed by atoms with Crippen molar-refractivity contribution in [2.45, 2.75) is 13.3 Å². The lowest BCUT2D eigenvalue weighted by atomic mass is 10.2. The predicted octanol–water partition coefficient (Wildman–Crippen LogP) is 3.82. The number of fused-ring (bicyclic) bond motifs is 1. The van der Waals surface area contributed by atoms with Gasteiger partial charge in [0, 0.05) is 4.88 Å². The summed E-state index contributed by atoms with van der Waals surface area (Å²) in [4.78, 5) is 17.5. The third-order valence-corrected chi connectivity index (χ3v) is 4.07. The van der Waals surface area contributed by atoms with Gasteiger partial charge in [0.05, 0.1) is 10.4 Å². The van der Waals surface area contributed by atoms with Gasteiger partial charge in [0.15, 0.2) is 5.58 Å². The molecule has 0 radical (unpaired) electrons. The molecule has 0 aliphatic heterocycles. The van der Waals surface area contributed by atoms with E-state index in [1.807, 2.05) is 6.07 Å². The van der Waals surface area contributed by atoms with Gasteiger partial charge in [0.2, 0.25) is 5.89 Å². The minimum atomic E-state index is -0.962. The Labute approximate surface area is 113 Å². The summed E-state index contributed by atoms with van der Waals surface area (Å²) in [7, 11) is 0. The first-order valence-electron chi connectivity index (χ1n) is 5.90. The van der Waals surface area contributed by atoms with Crippen molar-refractivity contribution in [2.24, 2.45) is 0 Å². The lowest BCUT2D eigenvalue weighted by Gasteiger charge is -1.91. The van der Waals surface area contributed by atoms with Gasteiger partial charge >= 0.3 is 5.97 Å². The van der Waals surface area contributed by atoms with Crippen molar-refractivity contribution in [3.8, 4) is 10.8 Å². The molecule has 2 heterocycles. The summed E-state index contributed by atoms with van der Waals surface area (Å²) in [6.07, 6.45) is 0.980. The number of aromatic nitrogens is 1. The standard InChI is InChI=1S/C14H11NO3S/c1-2-9-4-6-12(19-9)13-15-10-7-8(14(16)17)3-5-11(10)18-13/h3-7H,2H2,1H3,(H,16,17). The molecule has 2 aromatic heterocycles. The summed E-state index contributed by atoms with van der Waals surface area (Å²) in [5.74, 6) is -0.418. The number of hydrogen-bond donors (Lipinski definition) is 1. The highest BCUT2D eigenvalue weighted by atomic mass is 32.1. The average Bonchev–Trinajstić information content (AvgIpc) is 3.03. The van der Waals surface area contributed by atoms with Crippen LogP contribution in [0.15, 0.2) is 34.7 Å². The first kappa shape index (κ1) is 11.9. The van der Waals surface area contributed by atoms with Gasteiger partial charge in [-0.15, -0.1) is 11.3 Å². The molecule has 96 valence electrons. The Morgan fingerprint density at radius 2 is 2.21 bits per heavy atom. The van der Waals surface area contributed by atoms with Gasteiger partial charge in [-0.3, -0.25) is 0 Å². The molecule has 0 saturated carbocycles. The number of aromatic carboxylic acids is 1. The molecule has 0 saturated heterocycles. The number of aryl methyl sites for hydroxylation is 1. The Balaban J connectivity index is 2.08. The summed E-state index contributed by atoms with van der Waals surface area (Å²) in [6.45, 7) is 2.10. The second kappa shape index (κ2) is 4.51. The summed E-state index contributed by atoms with van der Waals surface area (Å²) in [6, 6.07) is 8.72. The average molecular weight is 273 g/mol. The zero-order valence-electron chi connectivity index (χ0n) is 10.2. The first-order valence-corrected chi connectivity index (χ1v) is 6.72. The minimum Gasteiger partial charge on any atom is -0.478 e. The van der Waals surface area contributed by atoms with E-state index in [-0.39, 0.29) is 5.56 Å². The molecular weight excluding hydrogens is 262 g/mol. The molecule has 3 aromatic rings. The van der Waals surface area contributed by atoms with Gasteiger partial charge in [-0.1, -0.05) is 6.92 Å². The largest absolute Gasteiger partial charge is 0.478 e. The van der Waals surface area contributed by atoms with Crippen LogP contribution in [-0.4, -0.2) is 16.1 Å². The molecule has 0 atom stereocenters. The van der Waals surface area contributed by atoms with Gasteiger partial charge in [-0.05, 0) is 36.8 Å². The highest BCUT2D eigenvalue weighted by Gasteiger charge is 2.12. The maximum atomic E-state index is 10.9. The molecule has 0 aliphatic rings. The van der Waals surface area contributed by atoms with Crippen molar-refractivity contribution >= 4 is 28.4 Å². The van der Waals surface area contributed by atoms with Gasteiger partial charge in [-0.25, -0.2) is 9.78 Å². The first-order chi connectivity index (χ1) is 9.17. The van der Waals surface area contributed by atoms with E-state index in [4.69, 9.17) is 9.52 Å². The molecule has 0 bridgehead atoms. The van der Waals surface area contributed by atoms with Crippen LogP contribution in [0.5, 0.6) is 0 Å². The monoisotopic (exact) mass is 273 g/mol. The number of rotatable bonds is 3. The number of carboxylic acids is 1. The van der Waals surface area contributed by atoms with E-state index in [2.05, 4.69) is 18.0 Å². The minimum absolute atomic E-state index is 0.216. The molecule has 3 rings (SSSR count). The van der Waals surface area contributed by atoms with Crippen LogP contribution < -0.4 is 0 Å². The van der Waals surface area contributed by atoms with Crippen molar-refractivity contribution < 1.29 is 14.3 Å². The SMILES string of the molecule is CCc1ccc(-c2nc3cc(C(=O)O)ccc3o2)s1. The quantitative estimate of drug-likeness (QED) is 0.788. The van der Waals surface area contributed by atoms with Crippen molar-refractivity contribution in [3.63, 3.8) is 0 Å². The van der Waals surface area contributed by atoms with Gasteiger partial charge in [0.25, 0.3) is 0 Å². The predicted molar refractivity (Wildman–Crippen MR) is 73.7 cm³/mol. The second-order valence-electron chi connectivity index (χ2n) is 4.13. The molecule has 5 heteroatoms. The molecule has 0 fully saturated rings. The van der Waals surface area contributed by atoms with E-state index in [0.717, 1.165) is 11.3 Å². The molecule has 1 aromatic carbocycles. The molecule has 4 nitrogen and oxygen atoms in total. The maximum Gasteiger partial charge on any atom is 0.335 e. The van der Waals surface area contributed by atoms with Crippen LogP contribution in [0, 0.1) is 0 Å². The number of oxazole rings is 1. The van der Waals surface area contributed by atoms with E-state index in [9.17, 15) is 4.79 Å². The van der Waals surface area contributed by atoms with E-state index < -0.39 is 5.97 Å². The van der Waals surface area contributed by atoms with E-state index >= 15 is 0 Å². The number of hydrogen-bond acceptors (Lipinski definition) is 4. The number of carbonyl (C=O) groups is 1. The second-order valence-corrected chi connectivity index (χ2v) is 5.29. The maximum absolute atomic E-state index is 10.9. The van der Waals surface area contributed by atoms with Crippen LogP contribution >= 0.6 is 11.3 Å². The third-order valence-electron chi connectivity index (χ3n) is 2.86. The number of benzene rings is 1. The fourth-order valence-electron chi connectivity index (χ4n) is 1.85. The van der Waals surface area contributed by atoms with Crippen molar-refractivity contribution in [3.05, 3.63) is 40.8 Å². The molecule has 0 spiro atoms. The van der Waals surface area contributed by atoms with E-state index in [1.54, 1.807) is 17.4 Å². The summed E-state index contributed by atoms with van der Waals surface area (Å²) < 4.78 is 5.65.